The van der Waals surface area contributed by atoms with E-state index in [4.69, 9.17) is 4.74 Å². The third kappa shape index (κ3) is 4.76. The lowest BCUT2D eigenvalue weighted by Gasteiger charge is -2.35. The molecule has 0 spiro atoms. The van der Waals surface area contributed by atoms with E-state index in [1.807, 2.05) is 30.3 Å². The van der Waals surface area contributed by atoms with Crippen LogP contribution in [0.3, 0.4) is 0 Å². The van der Waals surface area contributed by atoms with E-state index in [1.165, 1.54) is 0 Å². The number of ether oxygens (including phenoxy) is 1. The third-order valence-electron chi connectivity index (χ3n) is 4.76. The topological polar surface area (TPSA) is 49.9 Å². The SMILES string of the molecule is O=S(=O)(CCc1ccccc1)N1CCN(C[C@H]2CCOC2)CC1. The molecule has 1 aromatic rings. The molecule has 0 amide bonds. The highest BCUT2D eigenvalue weighted by Crippen LogP contribution is 2.16. The van der Waals surface area contributed by atoms with Gasteiger partial charge in [-0.2, -0.15) is 4.31 Å². The number of sulfonamides is 1. The first-order chi connectivity index (χ1) is 11.1. The van der Waals surface area contributed by atoms with Gasteiger partial charge in [0.25, 0.3) is 0 Å². The molecule has 0 bridgehead atoms. The Morgan fingerprint density at radius 3 is 2.48 bits per heavy atom. The van der Waals surface area contributed by atoms with E-state index in [1.54, 1.807) is 4.31 Å². The van der Waals surface area contributed by atoms with Crippen LogP contribution in [-0.2, 0) is 21.2 Å². The molecule has 3 rings (SSSR count). The van der Waals surface area contributed by atoms with E-state index >= 15 is 0 Å². The number of aryl methyl sites for hydroxylation is 1. The molecule has 2 aliphatic rings. The first-order valence-electron chi connectivity index (χ1n) is 8.45. The van der Waals surface area contributed by atoms with Gasteiger partial charge in [0, 0.05) is 39.3 Å². The lowest BCUT2D eigenvalue weighted by molar-refractivity contribution is 0.143. The van der Waals surface area contributed by atoms with E-state index in [-0.39, 0.29) is 5.75 Å². The van der Waals surface area contributed by atoms with Crippen molar-refractivity contribution in [3.63, 3.8) is 0 Å². The predicted octanol–water partition coefficient (Wildman–Crippen LogP) is 1.21. The van der Waals surface area contributed by atoms with Crippen LogP contribution in [-0.4, -0.2) is 69.3 Å². The maximum absolute atomic E-state index is 12.5. The predicted molar refractivity (Wildman–Crippen MR) is 90.9 cm³/mol. The van der Waals surface area contributed by atoms with Crippen molar-refractivity contribution in [2.45, 2.75) is 12.8 Å². The molecule has 23 heavy (non-hydrogen) atoms. The fourth-order valence-electron chi connectivity index (χ4n) is 3.30. The highest BCUT2D eigenvalue weighted by molar-refractivity contribution is 7.89. The number of hydrogen-bond acceptors (Lipinski definition) is 4. The van der Waals surface area contributed by atoms with Crippen LogP contribution >= 0.6 is 0 Å². The molecule has 2 aliphatic heterocycles. The molecule has 128 valence electrons. The molecule has 2 fully saturated rings. The smallest absolute Gasteiger partial charge is 0.214 e. The maximum atomic E-state index is 12.5. The molecule has 1 atom stereocenters. The second-order valence-electron chi connectivity index (χ2n) is 6.48. The summed E-state index contributed by atoms with van der Waals surface area (Å²) in [5.74, 6) is 0.823. The minimum absolute atomic E-state index is 0.202. The quantitative estimate of drug-likeness (QED) is 0.782. The first kappa shape index (κ1) is 16.9. The van der Waals surface area contributed by atoms with Crippen LogP contribution < -0.4 is 0 Å². The molecule has 0 aromatic heterocycles. The zero-order valence-corrected chi connectivity index (χ0v) is 14.4. The lowest BCUT2D eigenvalue weighted by atomic mass is 10.1. The largest absolute Gasteiger partial charge is 0.381 e. The zero-order chi connectivity index (χ0) is 16.1. The van der Waals surface area contributed by atoms with E-state index in [2.05, 4.69) is 4.90 Å². The van der Waals surface area contributed by atoms with Crippen molar-refractivity contribution in [3.8, 4) is 0 Å². The summed E-state index contributed by atoms with van der Waals surface area (Å²) >= 11 is 0. The minimum atomic E-state index is -3.15. The second kappa shape index (κ2) is 7.75. The number of nitrogens with zero attached hydrogens (tertiary/aromatic N) is 2. The summed E-state index contributed by atoms with van der Waals surface area (Å²) in [5.41, 5.74) is 1.08. The van der Waals surface area contributed by atoms with Crippen molar-refractivity contribution in [2.75, 3.05) is 51.7 Å². The Kier molecular flexibility index (Phi) is 5.69. The van der Waals surface area contributed by atoms with Gasteiger partial charge < -0.3 is 9.64 Å². The molecule has 0 radical (unpaired) electrons. The van der Waals surface area contributed by atoms with Crippen molar-refractivity contribution in [3.05, 3.63) is 35.9 Å². The summed E-state index contributed by atoms with van der Waals surface area (Å²) in [6.07, 6.45) is 1.72. The Hall–Kier alpha value is -0.950. The van der Waals surface area contributed by atoms with E-state index in [9.17, 15) is 8.42 Å². The third-order valence-corrected chi connectivity index (χ3v) is 6.63. The molecular formula is C17H26N2O3S. The number of piperazine rings is 1. The Labute approximate surface area is 139 Å². The number of hydrogen-bond donors (Lipinski definition) is 0. The van der Waals surface area contributed by atoms with Gasteiger partial charge in [-0.1, -0.05) is 30.3 Å². The van der Waals surface area contributed by atoms with Crippen molar-refractivity contribution < 1.29 is 13.2 Å². The van der Waals surface area contributed by atoms with E-state index in [0.717, 1.165) is 44.8 Å². The first-order valence-corrected chi connectivity index (χ1v) is 10.1. The van der Waals surface area contributed by atoms with E-state index < -0.39 is 10.0 Å². The van der Waals surface area contributed by atoms with E-state index in [0.29, 0.717) is 25.4 Å². The van der Waals surface area contributed by atoms with Gasteiger partial charge in [-0.15, -0.1) is 0 Å². The molecular weight excluding hydrogens is 312 g/mol. The van der Waals surface area contributed by atoms with Crippen molar-refractivity contribution in [2.24, 2.45) is 5.92 Å². The van der Waals surface area contributed by atoms with Gasteiger partial charge in [-0.25, -0.2) is 8.42 Å². The van der Waals surface area contributed by atoms with Crippen LogP contribution in [0.1, 0.15) is 12.0 Å². The number of rotatable bonds is 6. The monoisotopic (exact) mass is 338 g/mol. The summed E-state index contributed by atoms with van der Waals surface area (Å²) in [5, 5.41) is 0. The molecule has 0 aliphatic carbocycles. The van der Waals surface area contributed by atoms with Gasteiger partial charge >= 0.3 is 0 Å². The van der Waals surface area contributed by atoms with Gasteiger partial charge in [0.15, 0.2) is 0 Å². The van der Waals surface area contributed by atoms with Crippen molar-refractivity contribution >= 4 is 10.0 Å². The molecule has 0 N–H and O–H groups in total. The Morgan fingerprint density at radius 1 is 1.09 bits per heavy atom. The fraction of sp³-hybridized carbons (Fsp3) is 0.647. The van der Waals surface area contributed by atoms with Crippen LogP contribution in [0.25, 0.3) is 0 Å². The average Bonchev–Trinajstić information content (AvgIpc) is 3.08. The molecule has 2 saturated heterocycles. The van der Waals surface area contributed by atoms with Crippen molar-refractivity contribution in [1.29, 1.82) is 0 Å². The summed E-state index contributed by atoms with van der Waals surface area (Å²) in [4.78, 5) is 2.38. The minimum Gasteiger partial charge on any atom is -0.381 e. The standard InChI is InChI=1S/C17H26N2O3S/c20-23(21,13-7-16-4-2-1-3-5-16)19-10-8-18(9-11-19)14-17-6-12-22-15-17/h1-5,17H,6-15H2/t17-/m1/s1. The van der Waals surface area contributed by atoms with Crippen LogP contribution in [0.2, 0.25) is 0 Å². The van der Waals surface area contributed by atoms with Crippen LogP contribution in [0.15, 0.2) is 30.3 Å². The molecule has 0 unspecified atom stereocenters. The summed E-state index contributed by atoms with van der Waals surface area (Å²) in [7, 11) is -3.15. The van der Waals surface area contributed by atoms with Gasteiger partial charge in [-0.3, -0.25) is 0 Å². The molecule has 5 nitrogen and oxygen atoms in total. The van der Waals surface area contributed by atoms with Crippen LogP contribution in [0, 0.1) is 5.92 Å². The summed E-state index contributed by atoms with van der Waals surface area (Å²) < 4.78 is 32.1. The average molecular weight is 338 g/mol. The van der Waals surface area contributed by atoms with Gasteiger partial charge in [0.2, 0.25) is 10.0 Å². The lowest BCUT2D eigenvalue weighted by Crippen LogP contribution is -2.50. The molecule has 1 aromatic carbocycles. The molecule has 0 saturated carbocycles. The maximum Gasteiger partial charge on any atom is 0.214 e. The van der Waals surface area contributed by atoms with Crippen LogP contribution in [0.5, 0.6) is 0 Å². The highest BCUT2D eigenvalue weighted by atomic mass is 32.2. The second-order valence-corrected chi connectivity index (χ2v) is 8.57. The van der Waals surface area contributed by atoms with Crippen molar-refractivity contribution in [1.82, 2.24) is 9.21 Å². The van der Waals surface area contributed by atoms with Gasteiger partial charge in [0.05, 0.1) is 12.4 Å². The molecule has 2 heterocycles. The molecule has 6 heteroatoms. The number of benzene rings is 1. The normalized spacial score (nSPS) is 24.1. The Balaban J connectivity index is 1.46. The highest BCUT2D eigenvalue weighted by Gasteiger charge is 2.28. The van der Waals surface area contributed by atoms with Gasteiger partial charge in [-0.05, 0) is 24.3 Å². The Morgan fingerprint density at radius 2 is 1.83 bits per heavy atom. The summed E-state index contributed by atoms with van der Waals surface area (Å²) in [6, 6.07) is 9.82. The fourth-order valence-corrected chi connectivity index (χ4v) is 4.77. The van der Waals surface area contributed by atoms with Crippen LogP contribution in [0.4, 0.5) is 0 Å². The zero-order valence-electron chi connectivity index (χ0n) is 13.6. The van der Waals surface area contributed by atoms with Gasteiger partial charge in [0.1, 0.15) is 0 Å². The Bertz CT molecular complexity index is 577. The summed E-state index contributed by atoms with van der Waals surface area (Å²) in [6.45, 7) is 5.67.